The van der Waals surface area contributed by atoms with Crippen LogP contribution in [0.2, 0.25) is 0 Å². The summed E-state index contributed by atoms with van der Waals surface area (Å²) in [6.07, 6.45) is 18.7. The van der Waals surface area contributed by atoms with E-state index >= 15 is 0 Å². The molecule has 0 aliphatic heterocycles. The molecule has 0 saturated carbocycles. The smallest absolute Gasteiger partial charge is 0.0153 e. The Morgan fingerprint density at radius 3 is 1.27 bits per heavy atom. The molecule has 0 aliphatic rings. The van der Waals surface area contributed by atoms with Crippen molar-refractivity contribution in [3.8, 4) is 0 Å². The van der Waals surface area contributed by atoms with Crippen molar-refractivity contribution >= 4 is 0 Å². The lowest BCUT2D eigenvalue weighted by Crippen LogP contribution is -2.43. The highest BCUT2D eigenvalue weighted by Gasteiger charge is 2.23. The number of hydrogen-bond donors (Lipinski definition) is 0. The summed E-state index contributed by atoms with van der Waals surface area (Å²) < 4.78 is 0. The summed E-state index contributed by atoms with van der Waals surface area (Å²) in [4.78, 5) is 2.60. The van der Waals surface area contributed by atoms with Crippen LogP contribution < -0.4 is 0 Å². The summed E-state index contributed by atoms with van der Waals surface area (Å²) in [5.41, 5.74) is 0.391. The highest BCUT2D eigenvalue weighted by Crippen LogP contribution is 2.22. The van der Waals surface area contributed by atoms with Gasteiger partial charge in [-0.3, -0.25) is 4.90 Å². The monoisotopic (exact) mass is 311 g/mol. The summed E-state index contributed by atoms with van der Waals surface area (Å²) in [6, 6.07) is 0. The van der Waals surface area contributed by atoms with Crippen LogP contribution in [0.3, 0.4) is 0 Å². The van der Waals surface area contributed by atoms with E-state index in [4.69, 9.17) is 0 Å². The second kappa shape index (κ2) is 14.5. The van der Waals surface area contributed by atoms with Gasteiger partial charge < -0.3 is 0 Å². The van der Waals surface area contributed by atoms with Crippen molar-refractivity contribution < 1.29 is 0 Å². The molecule has 0 radical (unpaired) electrons. The molecule has 0 amide bonds. The predicted octanol–water partition coefficient (Wildman–Crippen LogP) is 7.20. The van der Waals surface area contributed by atoms with Gasteiger partial charge in [-0.05, 0) is 33.4 Å². The summed E-state index contributed by atoms with van der Waals surface area (Å²) in [5, 5.41) is 0. The SMILES string of the molecule is CCCCCCCCCCCCCCC(C)(C)N(CC)CC. The molecule has 0 aromatic rings. The molecule has 0 aliphatic carbocycles. The molecule has 0 heterocycles. The van der Waals surface area contributed by atoms with Gasteiger partial charge in [-0.15, -0.1) is 0 Å². The van der Waals surface area contributed by atoms with Gasteiger partial charge in [-0.2, -0.15) is 0 Å². The predicted molar refractivity (Wildman–Crippen MR) is 103 cm³/mol. The van der Waals surface area contributed by atoms with E-state index in [1.165, 1.54) is 96.6 Å². The van der Waals surface area contributed by atoms with Gasteiger partial charge in [0.15, 0.2) is 0 Å². The van der Waals surface area contributed by atoms with E-state index in [1.54, 1.807) is 0 Å². The molecule has 0 fully saturated rings. The van der Waals surface area contributed by atoms with Crippen LogP contribution in [0.4, 0.5) is 0 Å². The molecule has 0 unspecified atom stereocenters. The van der Waals surface area contributed by atoms with Crippen LogP contribution >= 0.6 is 0 Å². The van der Waals surface area contributed by atoms with Gasteiger partial charge in [0, 0.05) is 5.54 Å². The Morgan fingerprint density at radius 2 is 0.909 bits per heavy atom. The fourth-order valence-electron chi connectivity index (χ4n) is 3.64. The Morgan fingerprint density at radius 1 is 0.545 bits per heavy atom. The fraction of sp³-hybridized carbons (Fsp3) is 1.00. The molecular formula is C21H45N. The Kier molecular flexibility index (Phi) is 14.5. The second-order valence-corrected chi connectivity index (χ2v) is 7.62. The standard InChI is InChI=1S/C21H45N/c1-6-9-10-11-12-13-14-15-16-17-18-19-20-21(4,5)22(7-2)8-3/h6-20H2,1-5H3. The summed E-state index contributed by atoms with van der Waals surface area (Å²) >= 11 is 0. The molecule has 1 heteroatoms. The van der Waals surface area contributed by atoms with E-state index in [0.29, 0.717) is 5.54 Å². The van der Waals surface area contributed by atoms with Crippen molar-refractivity contribution in [2.45, 2.75) is 124 Å². The summed E-state index contributed by atoms with van der Waals surface area (Å²) in [6.45, 7) is 14.1. The molecule has 1 nitrogen and oxygen atoms in total. The molecular weight excluding hydrogens is 266 g/mol. The Bertz CT molecular complexity index is 218. The van der Waals surface area contributed by atoms with E-state index in [0.717, 1.165) is 0 Å². The average molecular weight is 312 g/mol. The van der Waals surface area contributed by atoms with E-state index in [2.05, 4.69) is 39.5 Å². The number of hydrogen-bond acceptors (Lipinski definition) is 1. The average Bonchev–Trinajstić information content (AvgIpc) is 2.49. The highest BCUT2D eigenvalue weighted by molar-refractivity contribution is 4.79. The van der Waals surface area contributed by atoms with Gasteiger partial charge in [-0.25, -0.2) is 0 Å². The van der Waals surface area contributed by atoms with Crippen molar-refractivity contribution in [3.05, 3.63) is 0 Å². The zero-order valence-electron chi connectivity index (χ0n) is 16.6. The molecule has 22 heavy (non-hydrogen) atoms. The van der Waals surface area contributed by atoms with Crippen LogP contribution in [0, 0.1) is 0 Å². The second-order valence-electron chi connectivity index (χ2n) is 7.62. The van der Waals surface area contributed by atoms with Crippen LogP contribution in [0.15, 0.2) is 0 Å². The van der Waals surface area contributed by atoms with Crippen LogP contribution in [0.25, 0.3) is 0 Å². The van der Waals surface area contributed by atoms with E-state index in [-0.39, 0.29) is 0 Å². The van der Waals surface area contributed by atoms with Crippen molar-refractivity contribution in [2.75, 3.05) is 13.1 Å². The van der Waals surface area contributed by atoms with Crippen LogP contribution in [-0.4, -0.2) is 23.5 Å². The number of unbranched alkanes of at least 4 members (excludes halogenated alkanes) is 11. The molecule has 0 rings (SSSR count). The van der Waals surface area contributed by atoms with Gasteiger partial charge in [0.2, 0.25) is 0 Å². The molecule has 0 N–H and O–H groups in total. The Balaban J connectivity index is 3.36. The maximum atomic E-state index is 2.60. The molecule has 134 valence electrons. The first-order chi connectivity index (χ1) is 10.6. The summed E-state index contributed by atoms with van der Waals surface area (Å²) in [5.74, 6) is 0. The third-order valence-corrected chi connectivity index (χ3v) is 5.26. The minimum atomic E-state index is 0.391. The van der Waals surface area contributed by atoms with Gasteiger partial charge in [0.05, 0.1) is 0 Å². The van der Waals surface area contributed by atoms with Gasteiger partial charge >= 0.3 is 0 Å². The zero-order chi connectivity index (χ0) is 16.7. The normalized spacial score (nSPS) is 12.3. The van der Waals surface area contributed by atoms with Crippen molar-refractivity contribution in [2.24, 2.45) is 0 Å². The molecule has 0 spiro atoms. The van der Waals surface area contributed by atoms with E-state index in [9.17, 15) is 0 Å². The molecule has 0 aromatic carbocycles. The van der Waals surface area contributed by atoms with Gasteiger partial charge in [0.1, 0.15) is 0 Å². The first-order valence-electron chi connectivity index (χ1n) is 10.3. The minimum absolute atomic E-state index is 0.391. The molecule has 0 aromatic heterocycles. The van der Waals surface area contributed by atoms with Gasteiger partial charge in [-0.1, -0.05) is 97.8 Å². The first-order valence-corrected chi connectivity index (χ1v) is 10.3. The van der Waals surface area contributed by atoms with Crippen molar-refractivity contribution in [3.63, 3.8) is 0 Å². The first kappa shape index (κ1) is 22.0. The Labute approximate surface area is 142 Å². The lowest BCUT2D eigenvalue weighted by molar-refractivity contribution is 0.122. The number of nitrogens with zero attached hydrogens (tertiary/aromatic N) is 1. The third kappa shape index (κ3) is 11.5. The van der Waals surface area contributed by atoms with Crippen LogP contribution in [0.1, 0.15) is 118 Å². The maximum absolute atomic E-state index is 2.60. The third-order valence-electron chi connectivity index (χ3n) is 5.26. The van der Waals surface area contributed by atoms with Crippen LogP contribution in [0.5, 0.6) is 0 Å². The Hall–Kier alpha value is -0.0400. The largest absolute Gasteiger partial charge is 0.299 e. The zero-order valence-corrected chi connectivity index (χ0v) is 16.6. The van der Waals surface area contributed by atoms with Gasteiger partial charge in [0.25, 0.3) is 0 Å². The molecule has 0 atom stereocenters. The molecule has 0 bridgehead atoms. The van der Waals surface area contributed by atoms with E-state index < -0.39 is 0 Å². The number of rotatable bonds is 16. The maximum Gasteiger partial charge on any atom is 0.0153 e. The van der Waals surface area contributed by atoms with Crippen molar-refractivity contribution in [1.82, 2.24) is 4.90 Å². The highest BCUT2D eigenvalue weighted by atomic mass is 15.2. The lowest BCUT2D eigenvalue weighted by Gasteiger charge is -2.37. The quantitative estimate of drug-likeness (QED) is 0.272. The minimum Gasteiger partial charge on any atom is -0.299 e. The summed E-state index contributed by atoms with van der Waals surface area (Å²) in [7, 11) is 0. The molecule has 0 saturated heterocycles. The van der Waals surface area contributed by atoms with E-state index in [1.807, 2.05) is 0 Å². The van der Waals surface area contributed by atoms with Crippen molar-refractivity contribution in [1.29, 1.82) is 0 Å². The fourth-order valence-corrected chi connectivity index (χ4v) is 3.64. The lowest BCUT2D eigenvalue weighted by atomic mass is 9.94. The van der Waals surface area contributed by atoms with Crippen LogP contribution in [-0.2, 0) is 0 Å². The topological polar surface area (TPSA) is 3.24 Å².